The Kier molecular flexibility index (Phi) is 7.81. The lowest BCUT2D eigenvalue weighted by Crippen LogP contribution is -2.26. The number of fused-ring (bicyclic) bond motifs is 20. The average Bonchev–Trinajstić information content (AvgIpc) is 4.20. The van der Waals surface area contributed by atoms with Crippen LogP contribution in [0.3, 0.4) is 0 Å². The van der Waals surface area contributed by atoms with Gasteiger partial charge in [0.25, 0.3) is 0 Å². The number of nitrogens with zero attached hydrogens (tertiary/aromatic N) is 3. The molecular weight excluding hydrogens is 811 g/mol. The second kappa shape index (κ2) is 13.8. The second-order valence-corrected chi connectivity index (χ2v) is 18.0. The maximum Gasteiger partial charge on any atom is 0.678 e. The van der Waals surface area contributed by atoms with Crippen molar-refractivity contribution in [1.29, 1.82) is 0 Å². The number of hydrogen-bond acceptors (Lipinski definition) is 2. The number of halogens is 2. The summed E-state index contributed by atoms with van der Waals surface area (Å²) < 4.78 is 34.6. The van der Waals surface area contributed by atoms with Crippen LogP contribution in [0.2, 0.25) is 0 Å². The number of pyridine rings is 1. The number of allylic oxidation sites excluding steroid dienone is 2. The molecule has 5 aliphatic rings. The molecule has 2 spiro atoms. The molecule has 0 N–H and O–H groups in total. The van der Waals surface area contributed by atoms with Crippen LogP contribution in [0.1, 0.15) is 66.9 Å². The molecule has 4 aliphatic carbocycles. The SMILES string of the molecule is FB(F)n1c(/C(=C2/C=C3C(=N2)c2ccccc2C32c3ccccc3-c3ccccc32)c2ccc(CCc3ccncc3)cc2)cc2c1-c1ccccc1C21c2ccccc2-c2ccccc21. The summed E-state index contributed by atoms with van der Waals surface area (Å²) >= 11 is 0. The van der Waals surface area contributed by atoms with E-state index in [1.807, 2.05) is 30.6 Å². The molecule has 0 unspecified atom stereocenters. The minimum absolute atomic E-state index is 0.445. The third-order valence-electron chi connectivity index (χ3n) is 15.1. The Balaban J connectivity index is 1.06. The highest BCUT2D eigenvalue weighted by atomic mass is 19.2. The maximum absolute atomic E-state index is 16.6. The van der Waals surface area contributed by atoms with Crippen molar-refractivity contribution in [2.24, 2.45) is 4.99 Å². The van der Waals surface area contributed by atoms with Crippen LogP contribution >= 0.6 is 0 Å². The lowest BCUT2D eigenvalue weighted by atomic mass is 9.70. The molecule has 0 atom stereocenters. The van der Waals surface area contributed by atoms with Gasteiger partial charge in [-0.3, -0.25) is 13.6 Å². The molecule has 7 aromatic carbocycles. The summed E-state index contributed by atoms with van der Waals surface area (Å²) in [6.07, 6.45) is 7.58. The fourth-order valence-electron chi connectivity index (χ4n) is 12.6. The van der Waals surface area contributed by atoms with Crippen molar-refractivity contribution in [3.05, 3.63) is 285 Å². The lowest BCUT2D eigenvalue weighted by Gasteiger charge is -2.30. The lowest BCUT2D eigenvalue weighted by molar-refractivity contribution is 0.630. The molecule has 14 rings (SSSR count). The van der Waals surface area contributed by atoms with Gasteiger partial charge in [-0.2, -0.15) is 0 Å². The third-order valence-corrected chi connectivity index (χ3v) is 15.1. The van der Waals surface area contributed by atoms with Gasteiger partial charge in [0, 0.05) is 46.1 Å². The van der Waals surface area contributed by atoms with E-state index in [0.717, 1.165) is 74.2 Å². The Bertz CT molecular complexity index is 3540. The number of aliphatic imine (C=N–C) groups is 1. The zero-order valence-corrected chi connectivity index (χ0v) is 35.7. The molecule has 0 amide bonds. The summed E-state index contributed by atoms with van der Waals surface area (Å²) in [6.45, 7) is 0. The van der Waals surface area contributed by atoms with E-state index >= 15 is 8.63 Å². The summed E-state index contributed by atoms with van der Waals surface area (Å²) in [5.41, 5.74) is 20.4. The molecule has 3 heterocycles. The van der Waals surface area contributed by atoms with Crippen molar-refractivity contribution >= 4 is 18.7 Å². The second-order valence-electron chi connectivity index (χ2n) is 18.0. The molecule has 1 aliphatic heterocycles. The van der Waals surface area contributed by atoms with Gasteiger partial charge in [0.05, 0.1) is 22.2 Å². The van der Waals surface area contributed by atoms with E-state index in [4.69, 9.17) is 4.99 Å². The molecule has 0 bridgehead atoms. The highest BCUT2D eigenvalue weighted by Gasteiger charge is 2.57. The third kappa shape index (κ3) is 4.75. The van der Waals surface area contributed by atoms with Gasteiger partial charge in [-0.1, -0.05) is 170 Å². The minimum Gasteiger partial charge on any atom is -0.324 e. The number of rotatable bonds is 6. The molecule has 0 saturated carbocycles. The van der Waals surface area contributed by atoms with Gasteiger partial charge < -0.3 is 4.48 Å². The molecule has 0 fully saturated rings. The van der Waals surface area contributed by atoms with Crippen molar-refractivity contribution in [2.75, 3.05) is 0 Å². The van der Waals surface area contributed by atoms with E-state index in [0.29, 0.717) is 22.7 Å². The summed E-state index contributed by atoms with van der Waals surface area (Å²) in [7, 11) is -2.85. The first-order valence-corrected chi connectivity index (χ1v) is 22.7. The Labute approximate surface area is 382 Å². The Morgan fingerprint density at radius 3 is 1.44 bits per heavy atom. The molecule has 9 aromatic rings. The molecule has 2 aromatic heterocycles. The number of aromatic nitrogens is 2. The van der Waals surface area contributed by atoms with E-state index in [9.17, 15) is 0 Å². The van der Waals surface area contributed by atoms with E-state index < -0.39 is 18.2 Å². The van der Waals surface area contributed by atoms with E-state index in [1.54, 1.807) is 0 Å². The van der Waals surface area contributed by atoms with Crippen LogP contribution in [0.25, 0.3) is 39.1 Å². The zero-order valence-electron chi connectivity index (χ0n) is 35.7. The van der Waals surface area contributed by atoms with Gasteiger partial charge in [0.15, 0.2) is 0 Å². The van der Waals surface area contributed by atoms with Crippen LogP contribution in [-0.4, -0.2) is 22.6 Å². The van der Waals surface area contributed by atoms with Crippen molar-refractivity contribution in [3.63, 3.8) is 0 Å². The molecule has 0 radical (unpaired) electrons. The van der Waals surface area contributed by atoms with Gasteiger partial charge in [-0.25, -0.2) is 4.99 Å². The Morgan fingerprint density at radius 2 is 0.909 bits per heavy atom. The topological polar surface area (TPSA) is 30.2 Å². The van der Waals surface area contributed by atoms with Crippen molar-refractivity contribution < 1.29 is 8.63 Å². The standard InChI is InChI=1S/C60H38BF2N3/c62-61(63)66-55(36-53-58(66)45-18-6-12-24-51(45)60(53)48-21-9-3-15-42(48)43-16-4-10-22-49(43)60)56(39-29-27-37(28-30-39)25-26-38-31-33-64-34-32-38)54-35-52-57(65-54)44-17-5-11-23-50(44)59(52)46-19-7-1-13-40(46)41-14-2-8-20-47(41)59/h1-24,27-36H,25-26H2/b56-54-. The molecule has 310 valence electrons. The number of aryl methyl sites for hydroxylation is 2. The number of hydrogen-bond donors (Lipinski definition) is 0. The van der Waals surface area contributed by atoms with Crippen LogP contribution in [0, 0.1) is 0 Å². The first-order chi connectivity index (χ1) is 32.6. The minimum atomic E-state index is -2.85. The van der Waals surface area contributed by atoms with Crippen LogP contribution < -0.4 is 0 Å². The molecule has 66 heavy (non-hydrogen) atoms. The van der Waals surface area contributed by atoms with Gasteiger partial charge in [-0.05, 0) is 115 Å². The largest absolute Gasteiger partial charge is 0.678 e. The van der Waals surface area contributed by atoms with Crippen molar-refractivity contribution in [1.82, 2.24) is 9.46 Å². The maximum atomic E-state index is 16.6. The molecular formula is C60H38BF2N3. The molecule has 0 saturated heterocycles. The Hall–Kier alpha value is -7.96. The Morgan fingerprint density at radius 1 is 0.470 bits per heavy atom. The number of benzene rings is 7. The smallest absolute Gasteiger partial charge is 0.324 e. The zero-order chi connectivity index (χ0) is 43.7. The summed E-state index contributed by atoms with van der Waals surface area (Å²) in [5, 5.41) is 0. The fraction of sp³-hybridized carbons (Fsp3) is 0.0667. The highest BCUT2D eigenvalue weighted by Crippen LogP contribution is 2.65. The van der Waals surface area contributed by atoms with Crippen molar-refractivity contribution in [3.8, 4) is 33.5 Å². The van der Waals surface area contributed by atoms with Crippen LogP contribution in [-0.2, 0) is 23.7 Å². The predicted octanol–water partition coefficient (Wildman–Crippen LogP) is 13.3. The quantitative estimate of drug-likeness (QED) is 0.153. The van der Waals surface area contributed by atoms with Gasteiger partial charge >= 0.3 is 7.40 Å². The van der Waals surface area contributed by atoms with Crippen LogP contribution in [0.4, 0.5) is 8.63 Å². The summed E-state index contributed by atoms with van der Waals surface area (Å²) in [6, 6.07) is 65.9. The van der Waals surface area contributed by atoms with Crippen LogP contribution in [0.5, 0.6) is 0 Å². The molecule has 3 nitrogen and oxygen atoms in total. The monoisotopic (exact) mass is 849 g/mol. The first kappa shape index (κ1) is 37.4. The van der Waals surface area contributed by atoms with Crippen molar-refractivity contribution in [2.45, 2.75) is 23.7 Å². The summed E-state index contributed by atoms with van der Waals surface area (Å²) in [5.74, 6) is 0. The highest BCUT2D eigenvalue weighted by molar-refractivity contribution is 6.42. The van der Waals surface area contributed by atoms with Gasteiger partial charge in [0.1, 0.15) is 0 Å². The fourth-order valence-corrected chi connectivity index (χ4v) is 12.6. The average molecular weight is 850 g/mol. The van der Waals surface area contributed by atoms with E-state index in [-0.39, 0.29) is 0 Å². The predicted molar refractivity (Wildman–Crippen MR) is 261 cm³/mol. The van der Waals surface area contributed by atoms with E-state index in [1.165, 1.54) is 43.4 Å². The van der Waals surface area contributed by atoms with Crippen LogP contribution in [0.15, 0.2) is 223 Å². The first-order valence-electron chi connectivity index (χ1n) is 22.7. The van der Waals surface area contributed by atoms with Gasteiger partial charge in [0.2, 0.25) is 0 Å². The normalized spacial score (nSPS) is 16.2. The van der Waals surface area contributed by atoms with E-state index in [2.05, 4.69) is 181 Å². The summed E-state index contributed by atoms with van der Waals surface area (Å²) in [4.78, 5) is 9.83. The molecule has 6 heteroatoms. The van der Waals surface area contributed by atoms with Gasteiger partial charge in [-0.15, -0.1) is 0 Å².